The summed E-state index contributed by atoms with van der Waals surface area (Å²) in [5, 5.41) is 13.0. The van der Waals surface area contributed by atoms with Gasteiger partial charge in [-0.25, -0.2) is 0 Å². The molecule has 3 atom stereocenters. The topological polar surface area (TPSA) is 52.6 Å². The molecule has 0 aromatic rings. The van der Waals surface area contributed by atoms with Crippen LogP contribution in [-0.4, -0.2) is 46.7 Å². The molecule has 3 unspecified atom stereocenters. The van der Waals surface area contributed by atoms with Crippen LogP contribution in [0.4, 0.5) is 0 Å². The van der Waals surface area contributed by atoms with Gasteiger partial charge in [-0.3, -0.25) is 10.1 Å². The molecule has 4 heteroatoms. The normalized spacial score (nSPS) is 28.9. The first kappa shape index (κ1) is 17.4. The molecule has 4 nitrogen and oxygen atoms in total. The van der Waals surface area contributed by atoms with Crippen LogP contribution in [0.5, 0.6) is 0 Å². The molecule has 0 heterocycles. The highest BCUT2D eigenvalue weighted by molar-refractivity contribution is 5.79. The largest absolute Gasteiger partial charge is 0.480 e. The van der Waals surface area contributed by atoms with E-state index in [9.17, 15) is 9.90 Å². The highest BCUT2D eigenvalue weighted by atomic mass is 16.4. The Hall–Kier alpha value is -0.610. The molecule has 0 radical (unpaired) electrons. The summed E-state index contributed by atoms with van der Waals surface area (Å²) in [6, 6.07) is 1.09. The lowest BCUT2D eigenvalue weighted by Crippen LogP contribution is -2.60. The maximum atomic E-state index is 11.8. The van der Waals surface area contributed by atoms with Gasteiger partial charge in [0, 0.05) is 18.1 Å². The van der Waals surface area contributed by atoms with E-state index in [4.69, 9.17) is 0 Å². The van der Waals surface area contributed by atoms with Gasteiger partial charge in [0.05, 0.1) is 0 Å². The van der Waals surface area contributed by atoms with Crippen LogP contribution in [0.15, 0.2) is 0 Å². The van der Waals surface area contributed by atoms with Gasteiger partial charge in [-0.15, -0.1) is 0 Å². The molecule has 0 amide bonds. The maximum Gasteiger partial charge on any atom is 0.323 e. The second-order valence-corrected chi connectivity index (χ2v) is 6.74. The van der Waals surface area contributed by atoms with Crippen molar-refractivity contribution >= 4 is 5.97 Å². The van der Waals surface area contributed by atoms with E-state index in [0.29, 0.717) is 18.5 Å². The molecule has 0 bridgehead atoms. The first-order chi connectivity index (χ1) is 9.32. The van der Waals surface area contributed by atoms with E-state index in [2.05, 4.69) is 31.1 Å². The summed E-state index contributed by atoms with van der Waals surface area (Å²) in [6.45, 7) is 8.50. The Labute approximate surface area is 123 Å². The smallest absolute Gasteiger partial charge is 0.323 e. The van der Waals surface area contributed by atoms with Crippen molar-refractivity contribution in [3.63, 3.8) is 0 Å². The molecule has 1 aliphatic carbocycles. The van der Waals surface area contributed by atoms with E-state index in [0.717, 1.165) is 19.3 Å². The van der Waals surface area contributed by atoms with E-state index >= 15 is 0 Å². The van der Waals surface area contributed by atoms with Crippen LogP contribution >= 0.6 is 0 Å². The number of hydrogen-bond donors (Lipinski definition) is 2. The molecule has 0 spiro atoms. The van der Waals surface area contributed by atoms with Crippen molar-refractivity contribution in [2.45, 2.75) is 89.9 Å². The third-order valence-corrected chi connectivity index (χ3v) is 4.68. The maximum absolute atomic E-state index is 11.8. The number of aliphatic carboxylic acids is 1. The Morgan fingerprint density at radius 1 is 1.45 bits per heavy atom. The standard InChI is InChI=1S/C16H32N2O2/c1-6-8-13(4)18(5)14-9-7-10-16(11-14,15(19)20)17-12(2)3/h12-14,17H,6-11H2,1-5H3,(H,19,20). The highest BCUT2D eigenvalue weighted by Gasteiger charge is 2.44. The van der Waals surface area contributed by atoms with Gasteiger partial charge in [-0.05, 0) is 59.9 Å². The van der Waals surface area contributed by atoms with Crippen molar-refractivity contribution in [2.24, 2.45) is 0 Å². The van der Waals surface area contributed by atoms with Crippen LogP contribution < -0.4 is 5.32 Å². The molecule has 2 N–H and O–H groups in total. The van der Waals surface area contributed by atoms with Crippen LogP contribution in [0.25, 0.3) is 0 Å². The average molecular weight is 284 g/mol. The minimum absolute atomic E-state index is 0.197. The lowest BCUT2D eigenvalue weighted by Gasteiger charge is -2.44. The predicted molar refractivity (Wildman–Crippen MR) is 83.0 cm³/mol. The van der Waals surface area contributed by atoms with Crippen molar-refractivity contribution < 1.29 is 9.90 Å². The predicted octanol–water partition coefficient (Wildman–Crippen LogP) is 2.87. The zero-order valence-corrected chi connectivity index (χ0v) is 13.8. The van der Waals surface area contributed by atoms with Crippen LogP contribution in [0.1, 0.15) is 66.2 Å². The molecule has 1 saturated carbocycles. The van der Waals surface area contributed by atoms with Gasteiger partial charge in [0.15, 0.2) is 0 Å². The van der Waals surface area contributed by atoms with Gasteiger partial charge in [-0.2, -0.15) is 0 Å². The second kappa shape index (κ2) is 7.41. The van der Waals surface area contributed by atoms with Gasteiger partial charge in [0.1, 0.15) is 5.54 Å². The number of hydrogen-bond acceptors (Lipinski definition) is 3. The Morgan fingerprint density at radius 2 is 2.10 bits per heavy atom. The number of carbonyl (C=O) groups is 1. The lowest BCUT2D eigenvalue weighted by molar-refractivity contribution is -0.148. The SMILES string of the molecule is CCCC(C)N(C)C1CCCC(NC(C)C)(C(=O)O)C1. The molecule has 0 saturated heterocycles. The molecule has 0 aliphatic heterocycles. The van der Waals surface area contributed by atoms with Gasteiger partial charge in [0.25, 0.3) is 0 Å². The lowest BCUT2D eigenvalue weighted by atomic mass is 9.77. The minimum Gasteiger partial charge on any atom is -0.480 e. The number of nitrogens with zero attached hydrogens (tertiary/aromatic N) is 1. The highest BCUT2D eigenvalue weighted by Crippen LogP contribution is 2.32. The Balaban J connectivity index is 2.79. The van der Waals surface area contributed by atoms with Crippen molar-refractivity contribution in [3.05, 3.63) is 0 Å². The first-order valence-corrected chi connectivity index (χ1v) is 8.05. The number of rotatable bonds is 7. The molecule has 0 aromatic carbocycles. The molecular formula is C16H32N2O2. The van der Waals surface area contributed by atoms with E-state index in [1.165, 1.54) is 12.8 Å². The van der Waals surface area contributed by atoms with Gasteiger partial charge in [0.2, 0.25) is 0 Å². The third kappa shape index (κ3) is 4.19. The number of carboxylic acid groups (broad SMARTS) is 1. The molecular weight excluding hydrogens is 252 g/mol. The quantitative estimate of drug-likeness (QED) is 0.755. The Morgan fingerprint density at radius 3 is 2.60 bits per heavy atom. The van der Waals surface area contributed by atoms with Crippen LogP contribution in [0.2, 0.25) is 0 Å². The van der Waals surface area contributed by atoms with Gasteiger partial charge < -0.3 is 10.0 Å². The van der Waals surface area contributed by atoms with Crippen molar-refractivity contribution in [1.29, 1.82) is 0 Å². The molecule has 0 aromatic heterocycles. The fourth-order valence-corrected chi connectivity index (χ4v) is 3.51. The number of nitrogens with one attached hydrogen (secondary N) is 1. The summed E-state index contributed by atoms with van der Waals surface area (Å²) in [5.74, 6) is -0.688. The van der Waals surface area contributed by atoms with Gasteiger partial charge >= 0.3 is 5.97 Å². The summed E-state index contributed by atoms with van der Waals surface area (Å²) in [7, 11) is 2.15. The fourth-order valence-electron chi connectivity index (χ4n) is 3.51. The van der Waals surface area contributed by atoms with Crippen molar-refractivity contribution in [1.82, 2.24) is 10.2 Å². The third-order valence-electron chi connectivity index (χ3n) is 4.68. The molecule has 1 aliphatic rings. The van der Waals surface area contributed by atoms with Crippen LogP contribution in [-0.2, 0) is 4.79 Å². The molecule has 118 valence electrons. The second-order valence-electron chi connectivity index (χ2n) is 6.74. The summed E-state index contributed by atoms with van der Waals surface area (Å²) in [6.07, 6.45) is 5.90. The van der Waals surface area contributed by atoms with Crippen LogP contribution in [0, 0.1) is 0 Å². The van der Waals surface area contributed by atoms with Crippen molar-refractivity contribution in [3.8, 4) is 0 Å². The monoisotopic (exact) mass is 284 g/mol. The summed E-state index contributed by atoms with van der Waals surface area (Å²) >= 11 is 0. The summed E-state index contributed by atoms with van der Waals surface area (Å²) in [4.78, 5) is 14.2. The zero-order valence-electron chi connectivity index (χ0n) is 13.8. The average Bonchev–Trinajstić information content (AvgIpc) is 2.37. The fraction of sp³-hybridized carbons (Fsp3) is 0.938. The molecule has 20 heavy (non-hydrogen) atoms. The van der Waals surface area contributed by atoms with E-state index < -0.39 is 11.5 Å². The van der Waals surface area contributed by atoms with Gasteiger partial charge in [-0.1, -0.05) is 13.3 Å². The minimum atomic E-state index is -0.739. The summed E-state index contributed by atoms with van der Waals surface area (Å²) in [5.41, 5.74) is -0.739. The zero-order chi connectivity index (χ0) is 15.3. The number of carboxylic acids is 1. The first-order valence-electron chi connectivity index (χ1n) is 8.05. The molecule has 1 fully saturated rings. The molecule has 1 rings (SSSR count). The van der Waals surface area contributed by atoms with Crippen molar-refractivity contribution in [2.75, 3.05) is 7.05 Å². The van der Waals surface area contributed by atoms with E-state index in [1.54, 1.807) is 0 Å². The van der Waals surface area contributed by atoms with Crippen LogP contribution in [0.3, 0.4) is 0 Å². The summed E-state index contributed by atoms with van der Waals surface area (Å²) < 4.78 is 0. The Bertz CT molecular complexity index is 320. The Kier molecular flexibility index (Phi) is 6.46. The van der Waals surface area contributed by atoms with E-state index in [1.807, 2.05) is 13.8 Å². The van der Waals surface area contributed by atoms with E-state index in [-0.39, 0.29) is 6.04 Å².